The molecule has 3 aromatic rings. The van der Waals surface area contributed by atoms with Crippen molar-refractivity contribution in [3.63, 3.8) is 0 Å². The van der Waals surface area contributed by atoms with Crippen LogP contribution < -0.4 is 5.32 Å². The van der Waals surface area contributed by atoms with Gasteiger partial charge in [0.2, 0.25) is 0 Å². The number of nitrogens with one attached hydrogen (secondary N) is 1. The second-order valence-electron chi connectivity index (χ2n) is 7.77. The van der Waals surface area contributed by atoms with E-state index in [1.807, 2.05) is 30.3 Å². The number of aromatic nitrogens is 1. The van der Waals surface area contributed by atoms with E-state index in [1.165, 1.54) is 0 Å². The van der Waals surface area contributed by atoms with Crippen LogP contribution in [0.1, 0.15) is 53.9 Å². The van der Waals surface area contributed by atoms with Gasteiger partial charge in [-0.25, -0.2) is 0 Å². The van der Waals surface area contributed by atoms with Gasteiger partial charge in [0.15, 0.2) is 0 Å². The van der Waals surface area contributed by atoms with Crippen LogP contribution in [-0.4, -0.2) is 16.7 Å². The minimum absolute atomic E-state index is 0.290. The molecule has 4 rings (SSSR count). The van der Waals surface area contributed by atoms with E-state index < -0.39 is 0 Å². The molecule has 1 atom stereocenters. The Morgan fingerprint density at radius 3 is 2.61 bits per heavy atom. The van der Waals surface area contributed by atoms with Crippen molar-refractivity contribution in [1.82, 2.24) is 4.98 Å². The highest BCUT2D eigenvalue weighted by Gasteiger charge is 2.20. The number of Topliss-reactive ketones (excluding diaryl/α,β-unsaturated/α-hetero) is 1. The molecule has 1 aliphatic carbocycles. The van der Waals surface area contributed by atoms with Gasteiger partial charge in [-0.1, -0.05) is 35.3 Å². The Morgan fingerprint density at radius 1 is 0.968 bits per heavy atom. The van der Waals surface area contributed by atoms with Gasteiger partial charge >= 0.3 is 0 Å². The van der Waals surface area contributed by atoms with Crippen molar-refractivity contribution in [3.8, 4) is 11.3 Å². The average Bonchev–Trinajstić information content (AvgIpc) is 3.00. The lowest BCUT2D eigenvalue weighted by atomic mass is 9.91. The molecule has 31 heavy (non-hydrogen) atoms. The molecule has 1 fully saturated rings. The number of anilines is 1. The number of pyridine rings is 1. The number of carbonyl (C=O) groups excluding carboxylic acids is 2. The first kappa shape index (κ1) is 21.5. The van der Waals surface area contributed by atoms with Crippen LogP contribution in [0.2, 0.25) is 10.0 Å². The minimum Gasteiger partial charge on any atom is -0.322 e. The fraction of sp³-hybridized carbons (Fsp3) is 0.240. The van der Waals surface area contributed by atoms with Gasteiger partial charge in [-0.2, -0.15) is 0 Å². The molecule has 1 unspecified atom stereocenters. The van der Waals surface area contributed by atoms with E-state index in [2.05, 4.69) is 10.3 Å². The predicted molar refractivity (Wildman–Crippen MR) is 125 cm³/mol. The van der Waals surface area contributed by atoms with Gasteiger partial charge < -0.3 is 5.32 Å². The molecular weight excluding hydrogens is 431 g/mol. The van der Waals surface area contributed by atoms with Crippen molar-refractivity contribution in [2.75, 3.05) is 5.32 Å². The monoisotopic (exact) mass is 452 g/mol. The van der Waals surface area contributed by atoms with Crippen molar-refractivity contribution < 1.29 is 9.59 Å². The molecule has 1 amide bonds. The largest absolute Gasteiger partial charge is 0.322 e. The first-order chi connectivity index (χ1) is 15.0. The summed E-state index contributed by atoms with van der Waals surface area (Å²) < 4.78 is 0. The lowest BCUT2D eigenvalue weighted by Gasteiger charge is -2.16. The summed E-state index contributed by atoms with van der Waals surface area (Å²) in [5.41, 5.74) is 3.57. The van der Waals surface area contributed by atoms with Gasteiger partial charge in [-0.3, -0.25) is 14.6 Å². The summed E-state index contributed by atoms with van der Waals surface area (Å²) in [7, 11) is 0. The maximum atomic E-state index is 12.9. The number of carbonyl (C=O) groups is 2. The Kier molecular flexibility index (Phi) is 6.69. The molecule has 6 heteroatoms. The molecule has 0 radical (unpaired) electrons. The number of rotatable bonds is 4. The van der Waals surface area contributed by atoms with Crippen LogP contribution in [0.3, 0.4) is 0 Å². The highest BCUT2D eigenvalue weighted by molar-refractivity contribution is 6.35. The molecule has 1 saturated carbocycles. The average molecular weight is 453 g/mol. The molecule has 1 aromatic heterocycles. The smallest absolute Gasteiger partial charge is 0.257 e. The Labute approximate surface area is 191 Å². The summed E-state index contributed by atoms with van der Waals surface area (Å²) in [4.78, 5) is 28.9. The number of halogens is 2. The van der Waals surface area contributed by atoms with Gasteiger partial charge in [0.1, 0.15) is 5.78 Å². The lowest BCUT2D eigenvalue weighted by molar-refractivity contribution is -0.118. The van der Waals surface area contributed by atoms with E-state index in [4.69, 9.17) is 23.2 Å². The van der Waals surface area contributed by atoms with E-state index in [1.54, 1.807) is 30.5 Å². The third-order valence-electron chi connectivity index (χ3n) is 5.65. The van der Waals surface area contributed by atoms with Crippen LogP contribution >= 0.6 is 23.2 Å². The highest BCUT2D eigenvalue weighted by Crippen LogP contribution is 2.33. The third-order valence-corrected chi connectivity index (χ3v) is 6.30. The molecule has 4 nitrogen and oxygen atoms in total. The summed E-state index contributed by atoms with van der Waals surface area (Å²) in [5, 5.41) is 3.86. The van der Waals surface area contributed by atoms with E-state index >= 15 is 0 Å². The van der Waals surface area contributed by atoms with Crippen LogP contribution in [-0.2, 0) is 4.79 Å². The molecule has 1 aliphatic rings. The van der Waals surface area contributed by atoms with E-state index in [0.29, 0.717) is 45.8 Å². The lowest BCUT2D eigenvalue weighted by Crippen LogP contribution is -2.13. The zero-order chi connectivity index (χ0) is 21.8. The Morgan fingerprint density at radius 2 is 1.84 bits per heavy atom. The minimum atomic E-state index is -0.290. The Bertz CT molecular complexity index is 1120. The van der Waals surface area contributed by atoms with Gasteiger partial charge in [-0.05, 0) is 73.2 Å². The summed E-state index contributed by atoms with van der Waals surface area (Å²) >= 11 is 12.8. The van der Waals surface area contributed by atoms with Gasteiger partial charge in [0.25, 0.3) is 5.91 Å². The van der Waals surface area contributed by atoms with E-state index in [-0.39, 0.29) is 5.91 Å². The van der Waals surface area contributed by atoms with Gasteiger partial charge in [-0.15, -0.1) is 0 Å². The molecule has 0 spiro atoms. The zero-order valence-corrected chi connectivity index (χ0v) is 18.4. The summed E-state index contributed by atoms with van der Waals surface area (Å²) in [6.07, 6.45) is 5.67. The SMILES string of the molecule is O=C1CCCC(c2ccc(C(=O)Nc3ccc(Cl)c(-c4ccccn4)c3)c(Cl)c2)CC1. The molecule has 1 N–H and O–H groups in total. The third kappa shape index (κ3) is 5.15. The molecule has 0 bridgehead atoms. The number of nitrogens with zero attached hydrogens (tertiary/aromatic N) is 1. The van der Waals surface area contributed by atoms with Crippen molar-refractivity contribution in [3.05, 3.63) is 82.0 Å². The normalized spacial score (nSPS) is 16.6. The quantitative estimate of drug-likeness (QED) is 0.436. The number of ketones is 1. The molecule has 0 saturated heterocycles. The van der Waals surface area contributed by atoms with Crippen LogP contribution in [0.25, 0.3) is 11.3 Å². The fourth-order valence-corrected chi connectivity index (χ4v) is 4.46. The summed E-state index contributed by atoms with van der Waals surface area (Å²) in [5.74, 6) is 0.345. The topological polar surface area (TPSA) is 59.1 Å². The number of amides is 1. The first-order valence-electron chi connectivity index (χ1n) is 10.3. The fourth-order valence-electron chi connectivity index (χ4n) is 3.97. The molecule has 0 aliphatic heterocycles. The zero-order valence-electron chi connectivity index (χ0n) is 16.9. The van der Waals surface area contributed by atoms with Gasteiger partial charge in [0.05, 0.1) is 21.3 Å². The number of benzene rings is 2. The molecule has 2 aromatic carbocycles. The van der Waals surface area contributed by atoms with E-state index in [9.17, 15) is 9.59 Å². The van der Waals surface area contributed by atoms with Crippen molar-refractivity contribution >= 4 is 40.6 Å². The van der Waals surface area contributed by atoms with Crippen molar-refractivity contribution in [1.29, 1.82) is 0 Å². The predicted octanol–water partition coefficient (Wildman–Crippen LogP) is 6.92. The second kappa shape index (κ2) is 9.63. The Hall–Kier alpha value is -2.69. The van der Waals surface area contributed by atoms with Crippen molar-refractivity contribution in [2.45, 2.75) is 38.0 Å². The van der Waals surface area contributed by atoms with Gasteiger partial charge in [0, 0.05) is 30.3 Å². The van der Waals surface area contributed by atoms with Crippen LogP contribution in [0, 0.1) is 0 Å². The van der Waals surface area contributed by atoms with E-state index in [0.717, 1.165) is 36.1 Å². The second-order valence-corrected chi connectivity index (χ2v) is 8.58. The van der Waals surface area contributed by atoms with Crippen LogP contribution in [0.15, 0.2) is 60.8 Å². The Balaban J connectivity index is 1.52. The molecule has 1 heterocycles. The maximum Gasteiger partial charge on any atom is 0.257 e. The van der Waals surface area contributed by atoms with Crippen LogP contribution in [0.5, 0.6) is 0 Å². The standard InChI is InChI=1S/C25H22Cl2N2O2/c26-22-12-9-18(15-21(22)24-6-1-2-13-28-24)29-25(31)20-11-8-17(14-23(20)27)16-4-3-5-19(30)10-7-16/h1-2,6,8-9,11-16H,3-5,7,10H2,(H,29,31). The highest BCUT2D eigenvalue weighted by atomic mass is 35.5. The van der Waals surface area contributed by atoms with Crippen LogP contribution in [0.4, 0.5) is 5.69 Å². The molecule has 158 valence electrons. The maximum absolute atomic E-state index is 12.9. The summed E-state index contributed by atoms with van der Waals surface area (Å²) in [6, 6.07) is 16.4. The first-order valence-corrected chi connectivity index (χ1v) is 11.1. The van der Waals surface area contributed by atoms with Crippen molar-refractivity contribution in [2.24, 2.45) is 0 Å². The number of hydrogen-bond acceptors (Lipinski definition) is 3. The molecular formula is C25H22Cl2N2O2. The summed E-state index contributed by atoms with van der Waals surface area (Å²) in [6.45, 7) is 0. The number of hydrogen-bond donors (Lipinski definition) is 1.